The highest BCUT2D eigenvalue weighted by atomic mass is 79.9. The predicted molar refractivity (Wildman–Crippen MR) is 103 cm³/mol. The number of nitrogens with zero attached hydrogens (tertiary/aromatic N) is 2. The van der Waals surface area contributed by atoms with Crippen LogP contribution in [0, 0.1) is 0 Å². The van der Waals surface area contributed by atoms with Gasteiger partial charge in [0, 0.05) is 19.1 Å². The molecule has 4 rings (SSSR count). The molecule has 2 amide bonds. The molecule has 5 nitrogen and oxygen atoms in total. The molecule has 1 aromatic carbocycles. The van der Waals surface area contributed by atoms with Gasteiger partial charge < -0.3 is 14.5 Å². The first-order valence-corrected chi connectivity index (χ1v) is 10.3. The maximum absolute atomic E-state index is 12.6. The Kier molecular flexibility index (Phi) is 5.00. The Labute approximate surface area is 164 Å². The van der Waals surface area contributed by atoms with E-state index in [1.807, 2.05) is 52.3 Å². The van der Waals surface area contributed by atoms with E-state index in [4.69, 9.17) is 4.74 Å². The smallest absolute Gasteiger partial charge is 0.410 e. The lowest BCUT2D eigenvalue weighted by Gasteiger charge is -2.35. The second kappa shape index (κ2) is 7.40. The molecule has 0 N–H and O–H groups in total. The largest absolute Gasteiger partial charge is 0.439 e. The quantitative estimate of drug-likeness (QED) is 0.722. The molecule has 2 aliphatic rings. The fraction of sp³-hybridized carbons (Fsp3) is 0.368. The van der Waals surface area contributed by atoms with E-state index in [0.29, 0.717) is 19.6 Å². The second-order valence-electron chi connectivity index (χ2n) is 6.56. The molecule has 2 saturated heterocycles. The van der Waals surface area contributed by atoms with Gasteiger partial charge in [0.2, 0.25) is 0 Å². The molecule has 2 aromatic rings. The zero-order chi connectivity index (χ0) is 18.1. The van der Waals surface area contributed by atoms with Crippen molar-refractivity contribution < 1.29 is 14.3 Å². The van der Waals surface area contributed by atoms with Crippen LogP contribution in [0.4, 0.5) is 4.79 Å². The predicted octanol–water partition coefficient (Wildman–Crippen LogP) is 4.31. The topological polar surface area (TPSA) is 49.9 Å². The average Bonchev–Trinajstić information content (AvgIpc) is 3.28. The average molecular weight is 435 g/mol. The van der Waals surface area contributed by atoms with Crippen LogP contribution in [-0.2, 0) is 4.74 Å². The lowest BCUT2D eigenvalue weighted by Crippen LogP contribution is -2.47. The zero-order valence-electron chi connectivity index (χ0n) is 14.1. The van der Waals surface area contributed by atoms with Gasteiger partial charge in [0.25, 0.3) is 5.91 Å². The van der Waals surface area contributed by atoms with E-state index in [1.54, 1.807) is 0 Å². The van der Waals surface area contributed by atoms with Gasteiger partial charge in [0.1, 0.15) is 6.10 Å². The summed E-state index contributed by atoms with van der Waals surface area (Å²) in [5.41, 5.74) is 1.03. The maximum Gasteiger partial charge on any atom is 0.410 e. The van der Waals surface area contributed by atoms with Crippen molar-refractivity contribution in [3.63, 3.8) is 0 Å². The lowest BCUT2D eigenvalue weighted by atomic mass is 10.0. The summed E-state index contributed by atoms with van der Waals surface area (Å²) in [6.07, 6.45) is 1.13. The number of hydrogen-bond acceptors (Lipinski definition) is 4. The van der Waals surface area contributed by atoms with Gasteiger partial charge in [-0.2, -0.15) is 0 Å². The normalized spacial score (nSPS) is 21.1. The first-order chi connectivity index (χ1) is 12.6. The van der Waals surface area contributed by atoms with Crippen LogP contribution in [0.25, 0.3) is 0 Å². The summed E-state index contributed by atoms with van der Waals surface area (Å²) in [5, 5.41) is 0. The number of thiophene rings is 1. The fourth-order valence-corrected chi connectivity index (χ4v) is 4.94. The Bertz CT molecular complexity index is 802. The summed E-state index contributed by atoms with van der Waals surface area (Å²) in [7, 11) is 0. The third kappa shape index (κ3) is 3.50. The van der Waals surface area contributed by atoms with Crippen molar-refractivity contribution in [1.29, 1.82) is 0 Å². The minimum atomic E-state index is -0.245. The number of rotatable bonds is 3. The number of ether oxygens (including phenoxy) is 1. The monoisotopic (exact) mass is 434 g/mol. The van der Waals surface area contributed by atoms with Crippen LogP contribution in [-0.4, -0.2) is 47.5 Å². The summed E-state index contributed by atoms with van der Waals surface area (Å²) >= 11 is 4.85. The number of cyclic esters (lactones) is 1. The summed E-state index contributed by atoms with van der Waals surface area (Å²) < 4.78 is 6.52. The van der Waals surface area contributed by atoms with Crippen LogP contribution in [0.15, 0.2) is 46.3 Å². The first kappa shape index (κ1) is 17.5. The zero-order valence-corrected chi connectivity index (χ0v) is 16.5. The van der Waals surface area contributed by atoms with Gasteiger partial charge in [-0.25, -0.2) is 4.79 Å². The maximum atomic E-state index is 12.6. The standard InChI is InChI=1S/C19H19BrN2O3S/c20-17-7-6-16(26-17)18(23)21-10-8-14(9-11-21)22-12-15(25-19(22)24)13-4-2-1-3-5-13/h1-7,14-15H,8-12H2. The highest BCUT2D eigenvalue weighted by molar-refractivity contribution is 9.11. The van der Waals surface area contributed by atoms with Gasteiger partial charge in [-0.3, -0.25) is 4.79 Å². The van der Waals surface area contributed by atoms with E-state index in [9.17, 15) is 9.59 Å². The van der Waals surface area contributed by atoms with E-state index >= 15 is 0 Å². The third-order valence-electron chi connectivity index (χ3n) is 4.99. The Hall–Kier alpha value is -1.86. The van der Waals surface area contributed by atoms with Gasteiger partial charge in [0.05, 0.1) is 15.2 Å². The number of piperidine rings is 1. The molecule has 0 spiro atoms. The number of carbonyl (C=O) groups is 2. The minimum absolute atomic E-state index is 0.0744. The number of hydrogen-bond donors (Lipinski definition) is 0. The van der Waals surface area contributed by atoms with E-state index in [2.05, 4.69) is 15.9 Å². The molecular weight excluding hydrogens is 416 g/mol. The molecule has 2 fully saturated rings. The van der Waals surface area contributed by atoms with Gasteiger partial charge in [-0.1, -0.05) is 30.3 Å². The fourth-order valence-electron chi connectivity index (χ4n) is 3.58. The molecule has 26 heavy (non-hydrogen) atoms. The van der Waals surface area contributed by atoms with Crippen molar-refractivity contribution >= 4 is 39.3 Å². The minimum Gasteiger partial charge on any atom is -0.439 e. The Morgan fingerprint density at radius 3 is 2.50 bits per heavy atom. The van der Waals surface area contributed by atoms with Crippen LogP contribution in [0.3, 0.4) is 0 Å². The number of carbonyl (C=O) groups excluding carboxylic acids is 2. The molecule has 7 heteroatoms. The second-order valence-corrected chi connectivity index (χ2v) is 9.03. The number of amides is 2. The number of benzene rings is 1. The molecule has 2 aliphatic heterocycles. The van der Waals surface area contributed by atoms with Crippen LogP contribution in [0.2, 0.25) is 0 Å². The number of halogens is 1. The Morgan fingerprint density at radius 1 is 1.12 bits per heavy atom. The molecule has 1 atom stereocenters. The highest BCUT2D eigenvalue weighted by Crippen LogP contribution is 2.31. The molecule has 0 saturated carbocycles. The Balaban J connectivity index is 1.36. The van der Waals surface area contributed by atoms with Crippen molar-refractivity contribution in [2.75, 3.05) is 19.6 Å². The lowest BCUT2D eigenvalue weighted by molar-refractivity contribution is 0.0663. The van der Waals surface area contributed by atoms with Gasteiger partial charge in [-0.05, 0) is 46.5 Å². The number of likely N-dealkylation sites (tertiary alicyclic amines) is 1. The van der Waals surface area contributed by atoms with Crippen molar-refractivity contribution in [3.05, 3.63) is 56.7 Å². The highest BCUT2D eigenvalue weighted by Gasteiger charge is 2.38. The van der Waals surface area contributed by atoms with Crippen LogP contribution in [0.1, 0.15) is 34.2 Å². The Morgan fingerprint density at radius 2 is 1.85 bits per heavy atom. The van der Waals surface area contributed by atoms with Gasteiger partial charge in [0.15, 0.2) is 0 Å². The van der Waals surface area contributed by atoms with Crippen LogP contribution in [0.5, 0.6) is 0 Å². The van der Waals surface area contributed by atoms with E-state index in [1.165, 1.54) is 11.3 Å². The van der Waals surface area contributed by atoms with Crippen molar-refractivity contribution in [2.45, 2.75) is 25.0 Å². The molecule has 1 aromatic heterocycles. The van der Waals surface area contributed by atoms with Crippen LogP contribution < -0.4 is 0 Å². The first-order valence-electron chi connectivity index (χ1n) is 8.68. The van der Waals surface area contributed by atoms with E-state index in [0.717, 1.165) is 27.1 Å². The molecule has 3 heterocycles. The molecule has 0 radical (unpaired) electrons. The summed E-state index contributed by atoms with van der Waals surface area (Å²) in [4.78, 5) is 29.3. The van der Waals surface area contributed by atoms with Crippen molar-refractivity contribution in [1.82, 2.24) is 9.80 Å². The van der Waals surface area contributed by atoms with Crippen molar-refractivity contribution in [3.8, 4) is 0 Å². The van der Waals surface area contributed by atoms with E-state index in [-0.39, 0.29) is 24.1 Å². The summed E-state index contributed by atoms with van der Waals surface area (Å²) in [5.74, 6) is 0.0744. The van der Waals surface area contributed by atoms with Crippen LogP contribution >= 0.6 is 27.3 Å². The SMILES string of the molecule is O=C(c1ccc(Br)s1)N1CCC(N2CC(c3ccccc3)OC2=O)CC1. The summed E-state index contributed by atoms with van der Waals surface area (Å²) in [6, 6.07) is 13.7. The van der Waals surface area contributed by atoms with Gasteiger partial charge >= 0.3 is 6.09 Å². The summed E-state index contributed by atoms with van der Waals surface area (Å²) in [6.45, 7) is 1.91. The van der Waals surface area contributed by atoms with Crippen molar-refractivity contribution in [2.24, 2.45) is 0 Å². The third-order valence-corrected chi connectivity index (χ3v) is 6.60. The van der Waals surface area contributed by atoms with E-state index < -0.39 is 0 Å². The van der Waals surface area contributed by atoms with Gasteiger partial charge in [-0.15, -0.1) is 11.3 Å². The molecule has 1 unspecified atom stereocenters. The molecule has 0 aliphatic carbocycles. The molecule has 136 valence electrons. The molecule has 0 bridgehead atoms. The molecular formula is C19H19BrN2O3S.